The van der Waals surface area contributed by atoms with E-state index in [2.05, 4.69) is 52.0 Å². The molecule has 3 aliphatic carbocycles. The lowest BCUT2D eigenvalue weighted by atomic mass is 9.61. The van der Waals surface area contributed by atoms with Crippen molar-refractivity contribution >= 4 is 0 Å². The van der Waals surface area contributed by atoms with Crippen molar-refractivity contribution in [3.05, 3.63) is 35.5 Å². The summed E-state index contributed by atoms with van der Waals surface area (Å²) in [6.45, 7) is 12.8. The first-order chi connectivity index (χ1) is 14.4. The molecule has 31 heavy (non-hydrogen) atoms. The first-order valence-electron chi connectivity index (χ1n) is 12.6. The highest BCUT2D eigenvalue weighted by Crippen LogP contribution is 2.59. The summed E-state index contributed by atoms with van der Waals surface area (Å²) in [4.78, 5) is 0. The minimum Gasteiger partial charge on any atom is -0.393 e. The normalized spacial score (nSPS) is 41.6. The lowest BCUT2D eigenvalue weighted by Crippen LogP contribution is -2.35. The molecule has 0 radical (unpaired) electrons. The smallest absolute Gasteiger partial charge is 0.0651 e. The second-order valence-corrected chi connectivity index (χ2v) is 11.7. The van der Waals surface area contributed by atoms with Crippen LogP contribution in [0.25, 0.3) is 0 Å². The largest absolute Gasteiger partial charge is 0.393 e. The minimum absolute atomic E-state index is 0.134. The van der Waals surface area contributed by atoms with Crippen molar-refractivity contribution in [3.8, 4) is 0 Å². The number of hydrogen-bond donors (Lipinski definition) is 3. The molecule has 0 spiro atoms. The van der Waals surface area contributed by atoms with Gasteiger partial charge in [0.1, 0.15) is 0 Å². The molecule has 8 atom stereocenters. The molecule has 0 aromatic heterocycles. The molecule has 3 saturated carbocycles. The Morgan fingerprint density at radius 1 is 1.06 bits per heavy atom. The van der Waals surface area contributed by atoms with Crippen molar-refractivity contribution in [2.24, 2.45) is 35.0 Å². The molecule has 3 fully saturated rings. The molecule has 0 aromatic rings. The van der Waals surface area contributed by atoms with Gasteiger partial charge in [0.25, 0.3) is 0 Å². The van der Waals surface area contributed by atoms with Gasteiger partial charge in [0.05, 0.1) is 17.8 Å². The van der Waals surface area contributed by atoms with Crippen LogP contribution in [0.3, 0.4) is 0 Å². The highest BCUT2D eigenvalue weighted by atomic mass is 16.3. The van der Waals surface area contributed by atoms with E-state index in [-0.39, 0.29) is 11.8 Å². The van der Waals surface area contributed by atoms with Gasteiger partial charge in [-0.3, -0.25) is 0 Å². The van der Waals surface area contributed by atoms with Gasteiger partial charge in [0.15, 0.2) is 0 Å². The number of rotatable bonds is 5. The first-order valence-corrected chi connectivity index (χ1v) is 12.6. The van der Waals surface area contributed by atoms with E-state index in [9.17, 15) is 15.3 Å². The topological polar surface area (TPSA) is 60.7 Å². The van der Waals surface area contributed by atoms with E-state index in [1.54, 1.807) is 5.57 Å². The summed E-state index contributed by atoms with van der Waals surface area (Å²) >= 11 is 0. The molecule has 2 unspecified atom stereocenters. The van der Waals surface area contributed by atoms with Crippen molar-refractivity contribution < 1.29 is 15.3 Å². The van der Waals surface area contributed by atoms with Gasteiger partial charge in [-0.25, -0.2) is 0 Å². The van der Waals surface area contributed by atoms with E-state index >= 15 is 0 Å². The summed E-state index contributed by atoms with van der Waals surface area (Å²) < 4.78 is 0. The average Bonchev–Trinajstić information content (AvgIpc) is 3.04. The molecule has 3 nitrogen and oxygen atoms in total. The summed E-state index contributed by atoms with van der Waals surface area (Å²) in [6.07, 6.45) is 15.7. The van der Waals surface area contributed by atoms with Crippen molar-refractivity contribution in [2.75, 3.05) is 0 Å². The standard InChI is InChI=1S/C28H46O3/c1-18(9-10-19(2)27(4,5)31)24-13-14-25-21(8-7-15-28(24,25)6)11-12-22-16-23(29)17-26(30)20(22)3/h9-12,18-20,23-26,29-31H,7-8,13-17H2,1-6H3/b10-9-,21-11+,22-12-/t18-,19?,20?,23-,24-,25+,26+,28-/m1/s1. The fraction of sp³-hybridized carbons (Fsp3) is 0.786. The SMILES string of the molecule is CC1/C(=C\C=C2/CCC[C@]3(C)[C@@H]([C@H](C)/C=C\C(C)C(C)(C)O)CC[C@@H]23)C[C@@H](O)C[C@@H]1O. The third-order valence-corrected chi connectivity index (χ3v) is 9.15. The summed E-state index contributed by atoms with van der Waals surface area (Å²) in [5, 5.41) is 30.6. The van der Waals surface area contributed by atoms with Crippen molar-refractivity contribution in [1.82, 2.24) is 0 Å². The predicted octanol–water partition coefficient (Wildman–Crippen LogP) is 5.81. The molecule has 0 amide bonds. The number of aliphatic hydroxyl groups excluding tert-OH is 2. The number of fused-ring (bicyclic) bond motifs is 1. The Hall–Kier alpha value is -0.900. The highest BCUT2D eigenvalue weighted by Gasteiger charge is 2.50. The fourth-order valence-corrected chi connectivity index (χ4v) is 6.56. The lowest BCUT2D eigenvalue weighted by Gasteiger charge is -2.44. The van der Waals surface area contributed by atoms with Gasteiger partial charge in [0.2, 0.25) is 0 Å². The minimum atomic E-state index is -0.677. The maximum absolute atomic E-state index is 10.3. The Bertz CT molecular complexity index is 712. The third kappa shape index (κ3) is 5.37. The summed E-state index contributed by atoms with van der Waals surface area (Å²) in [5.74, 6) is 2.11. The Balaban J connectivity index is 1.75. The van der Waals surface area contributed by atoms with Gasteiger partial charge in [-0.05, 0) is 75.5 Å². The van der Waals surface area contributed by atoms with E-state index in [1.807, 2.05) is 13.8 Å². The molecule has 0 heterocycles. The Morgan fingerprint density at radius 2 is 1.74 bits per heavy atom. The van der Waals surface area contributed by atoms with E-state index in [4.69, 9.17) is 0 Å². The van der Waals surface area contributed by atoms with E-state index < -0.39 is 17.8 Å². The van der Waals surface area contributed by atoms with Crippen LogP contribution in [0.4, 0.5) is 0 Å². The molecule has 0 aliphatic heterocycles. The Kier molecular flexibility index (Phi) is 7.61. The van der Waals surface area contributed by atoms with Crippen LogP contribution in [-0.2, 0) is 0 Å². The van der Waals surface area contributed by atoms with Gasteiger partial charge in [-0.1, -0.05) is 63.1 Å². The Labute approximate surface area is 190 Å². The molecule has 176 valence electrons. The van der Waals surface area contributed by atoms with Gasteiger partial charge >= 0.3 is 0 Å². The summed E-state index contributed by atoms with van der Waals surface area (Å²) in [7, 11) is 0. The lowest BCUT2D eigenvalue weighted by molar-refractivity contribution is 0.0332. The van der Waals surface area contributed by atoms with Crippen LogP contribution in [-0.4, -0.2) is 33.1 Å². The van der Waals surface area contributed by atoms with Crippen LogP contribution < -0.4 is 0 Å². The monoisotopic (exact) mass is 430 g/mol. The van der Waals surface area contributed by atoms with Crippen molar-refractivity contribution in [3.63, 3.8) is 0 Å². The zero-order chi connectivity index (χ0) is 23.0. The average molecular weight is 431 g/mol. The van der Waals surface area contributed by atoms with E-state index in [0.717, 1.165) is 0 Å². The molecule has 0 bridgehead atoms. The van der Waals surface area contributed by atoms with Crippen LogP contribution in [0.2, 0.25) is 0 Å². The van der Waals surface area contributed by atoms with Crippen LogP contribution in [0.5, 0.6) is 0 Å². The summed E-state index contributed by atoms with van der Waals surface area (Å²) in [5.41, 5.74) is 2.43. The second-order valence-electron chi connectivity index (χ2n) is 11.7. The van der Waals surface area contributed by atoms with Crippen LogP contribution in [0.15, 0.2) is 35.5 Å². The van der Waals surface area contributed by atoms with Gasteiger partial charge in [0, 0.05) is 18.3 Å². The van der Waals surface area contributed by atoms with Gasteiger partial charge in [-0.2, -0.15) is 0 Å². The first kappa shape index (κ1) is 24.7. The van der Waals surface area contributed by atoms with Crippen LogP contribution in [0, 0.1) is 35.0 Å². The highest BCUT2D eigenvalue weighted by molar-refractivity contribution is 5.27. The number of aliphatic hydroxyl groups is 3. The van der Waals surface area contributed by atoms with Gasteiger partial charge < -0.3 is 15.3 Å². The fourth-order valence-electron chi connectivity index (χ4n) is 6.56. The van der Waals surface area contributed by atoms with Crippen LogP contribution in [0.1, 0.15) is 86.5 Å². The zero-order valence-electron chi connectivity index (χ0n) is 20.6. The molecule has 0 aromatic carbocycles. The van der Waals surface area contributed by atoms with Crippen LogP contribution >= 0.6 is 0 Å². The molecular formula is C28H46O3. The Morgan fingerprint density at radius 3 is 2.42 bits per heavy atom. The molecule has 3 rings (SSSR count). The molecule has 3 aliphatic rings. The predicted molar refractivity (Wildman–Crippen MR) is 129 cm³/mol. The van der Waals surface area contributed by atoms with E-state index in [1.165, 1.54) is 37.7 Å². The maximum Gasteiger partial charge on any atom is 0.0651 e. The second kappa shape index (κ2) is 9.53. The van der Waals surface area contributed by atoms with Crippen molar-refractivity contribution in [1.29, 1.82) is 0 Å². The quantitative estimate of drug-likeness (QED) is 0.483. The molecular weight excluding hydrogens is 384 g/mol. The van der Waals surface area contributed by atoms with Gasteiger partial charge in [-0.15, -0.1) is 0 Å². The molecule has 3 heteroatoms. The number of allylic oxidation sites excluding steroid dienone is 4. The van der Waals surface area contributed by atoms with Crippen molar-refractivity contribution in [2.45, 2.75) is 104 Å². The van der Waals surface area contributed by atoms with E-state index in [0.29, 0.717) is 36.0 Å². The third-order valence-electron chi connectivity index (χ3n) is 9.15. The number of hydrogen-bond acceptors (Lipinski definition) is 3. The molecule has 3 N–H and O–H groups in total. The zero-order valence-corrected chi connectivity index (χ0v) is 20.6. The summed E-state index contributed by atoms with van der Waals surface area (Å²) in [6, 6.07) is 0. The maximum atomic E-state index is 10.3. The molecule has 0 saturated heterocycles.